The van der Waals surface area contributed by atoms with E-state index >= 15 is 0 Å². The molecule has 0 fully saturated rings. The highest BCUT2D eigenvalue weighted by atomic mass is 31.2. The van der Waals surface area contributed by atoms with Crippen LogP contribution in [0.1, 0.15) is 27.7 Å². The highest BCUT2D eigenvalue weighted by molar-refractivity contribution is 7.42. The molecule has 0 aliphatic heterocycles. The third kappa shape index (κ3) is 12.3. The van der Waals surface area contributed by atoms with Gasteiger partial charge in [0.2, 0.25) is 12.7 Å². The first-order valence-corrected chi connectivity index (χ1v) is 15.8. The average Bonchev–Trinajstić information content (AvgIpc) is 3.51. The maximum Gasteiger partial charge on any atom is 0.403 e. The van der Waals surface area contributed by atoms with Crippen molar-refractivity contribution in [3.8, 4) is 0 Å². The molecule has 0 aliphatic carbocycles. The zero-order valence-electron chi connectivity index (χ0n) is 27.1. The summed E-state index contributed by atoms with van der Waals surface area (Å²) in [7, 11) is 2.34. The van der Waals surface area contributed by atoms with Crippen LogP contribution in [0, 0.1) is 0 Å². The average molecular weight is 643 g/mol. The van der Waals surface area contributed by atoms with Crippen molar-refractivity contribution >= 4 is 42.5 Å². The Kier molecular flexibility index (Phi) is 14.6. The van der Waals surface area contributed by atoms with Gasteiger partial charge in [0.1, 0.15) is 0 Å². The molecule has 17 heteroatoms. The summed E-state index contributed by atoms with van der Waals surface area (Å²) in [6.07, 6.45) is 3.41. The van der Waals surface area contributed by atoms with Crippen molar-refractivity contribution in [3.63, 3.8) is 0 Å². The number of rotatable bonds is 10. The summed E-state index contributed by atoms with van der Waals surface area (Å²) in [4.78, 5) is 28.9. The molecular weight excluding hydrogens is 599 g/mol. The van der Waals surface area contributed by atoms with Crippen LogP contribution in [0.3, 0.4) is 0 Å². The Bertz CT molecular complexity index is 1400. The predicted molar refractivity (Wildman–Crippen MR) is 167 cm³/mol. The summed E-state index contributed by atoms with van der Waals surface area (Å²) in [6.45, 7) is 12.6. The van der Waals surface area contributed by atoms with E-state index in [0.717, 1.165) is 37.6 Å². The molecule has 1 N–H and O–H groups in total. The normalized spacial score (nSPS) is 11.3. The maximum atomic E-state index is 8.66. The number of hydrogen-bond donors (Lipinski definition) is 1. The molecular formula is C28H43N12O4P. The largest absolute Gasteiger partial charge is 0.790 e. The molecule has 0 saturated heterocycles. The summed E-state index contributed by atoms with van der Waals surface area (Å²) < 4.78 is 15.7. The van der Waals surface area contributed by atoms with E-state index in [9.17, 15) is 0 Å². The Morgan fingerprint density at radius 2 is 0.978 bits per heavy atom. The van der Waals surface area contributed by atoms with E-state index in [1.165, 1.54) is 11.4 Å². The molecule has 4 aromatic rings. The van der Waals surface area contributed by atoms with E-state index in [4.69, 9.17) is 19.2 Å². The molecule has 45 heavy (non-hydrogen) atoms. The molecule has 0 spiro atoms. The number of anilines is 2. The van der Waals surface area contributed by atoms with Crippen LogP contribution < -0.4 is 28.7 Å². The lowest BCUT2D eigenvalue weighted by atomic mass is 10.2. The third-order valence-electron chi connectivity index (χ3n) is 6.47. The van der Waals surface area contributed by atoms with Crippen molar-refractivity contribution in [3.05, 3.63) is 61.2 Å². The molecule has 4 rings (SSSR count). The number of phosphoric acid groups is 1. The third-order valence-corrected chi connectivity index (χ3v) is 6.47. The Balaban J connectivity index is 0.000000273. The summed E-state index contributed by atoms with van der Waals surface area (Å²) in [5, 5.41) is 25.2. The highest BCUT2D eigenvalue weighted by Gasteiger charge is 2.12. The van der Waals surface area contributed by atoms with Crippen LogP contribution >= 0.6 is 7.82 Å². The first kappa shape index (κ1) is 36.8. The molecule has 0 unspecified atom stereocenters. The number of aromatic nitrogens is 6. The monoisotopic (exact) mass is 642 g/mol. The lowest BCUT2D eigenvalue weighted by Gasteiger charge is -2.20. The zero-order valence-corrected chi connectivity index (χ0v) is 28.0. The molecule has 16 nitrogen and oxygen atoms in total. The SMILES string of the molecule is CCN(CC)c1ccc(N=Nc2n(C)nc[n+]2C)cc1.CCN(CC)c1ccc(N=Nc2n(C)nc[n+]2C)cc1.O=P([O-])([O-])O. The smallest absolute Gasteiger partial charge is 0.403 e. The summed E-state index contributed by atoms with van der Waals surface area (Å²) in [5.74, 6) is 1.41. The molecule has 0 aliphatic rings. The Morgan fingerprint density at radius 1 is 0.689 bits per heavy atom. The van der Waals surface area contributed by atoms with Crippen LogP contribution in [-0.4, -0.2) is 50.6 Å². The summed E-state index contributed by atoms with van der Waals surface area (Å²) in [5.41, 5.74) is 4.09. The number of aryl methyl sites for hydroxylation is 4. The lowest BCUT2D eigenvalue weighted by Crippen LogP contribution is -2.25. The van der Waals surface area contributed by atoms with E-state index in [-0.39, 0.29) is 0 Å². The fraction of sp³-hybridized carbons (Fsp3) is 0.429. The quantitative estimate of drug-likeness (QED) is 0.156. The van der Waals surface area contributed by atoms with E-state index in [2.05, 4.69) is 92.4 Å². The van der Waals surface area contributed by atoms with Gasteiger partial charge in [0.25, 0.3) is 0 Å². The van der Waals surface area contributed by atoms with Gasteiger partial charge in [-0.25, -0.2) is 9.13 Å². The standard InChI is InChI=1S/2C14H21N6.H3O4P/c2*1-5-20(6-2)13-9-7-12(8-10-13)16-17-14-18(3)11-15-19(14)4;1-5(2,3)4/h2*7-11H,5-6H2,1-4H3;(H3,1,2,3,4)/q2*+1;/p-2. The van der Waals surface area contributed by atoms with Crippen molar-refractivity contribution in [2.45, 2.75) is 27.7 Å². The van der Waals surface area contributed by atoms with Crippen LogP contribution in [0.4, 0.5) is 34.6 Å². The Labute approximate surface area is 263 Å². The maximum absolute atomic E-state index is 8.66. The van der Waals surface area contributed by atoms with Gasteiger partial charge in [-0.1, -0.05) is 10.2 Å². The van der Waals surface area contributed by atoms with Crippen LogP contribution in [0.25, 0.3) is 0 Å². The summed E-state index contributed by atoms with van der Waals surface area (Å²) in [6, 6.07) is 16.2. The molecule has 2 aromatic carbocycles. The van der Waals surface area contributed by atoms with Gasteiger partial charge in [0.05, 0.1) is 47.4 Å². The van der Waals surface area contributed by atoms with E-state index in [0.29, 0.717) is 11.9 Å². The van der Waals surface area contributed by atoms with E-state index < -0.39 is 7.82 Å². The van der Waals surface area contributed by atoms with Gasteiger partial charge in [-0.15, -0.1) is 9.36 Å². The second kappa shape index (κ2) is 17.8. The molecule has 2 heterocycles. The lowest BCUT2D eigenvalue weighted by molar-refractivity contribution is -0.659. The molecule has 0 atom stereocenters. The predicted octanol–water partition coefficient (Wildman–Crippen LogP) is 2.82. The Hall–Kier alpha value is -4.37. The zero-order chi connectivity index (χ0) is 33.6. The van der Waals surface area contributed by atoms with Crippen molar-refractivity contribution < 1.29 is 28.4 Å². The van der Waals surface area contributed by atoms with Crippen molar-refractivity contribution in [1.29, 1.82) is 0 Å². The molecule has 0 bridgehead atoms. The molecule has 0 amide bonds. The van der Waals surface area contributed by atoms with Gasteiger partial charge < -0.3 is 29.0 Å². The second-order valence-electron chi connectivity index (χ2n) is 9.58. The van der Waals surface area contributed by atoms with Crippen LogP contribution in [0.5, 0.6) is 0 Å². The van der Waals surface area contributed by atoms with Crippen LogP contribution in [-0.2, 0) is 32.8 Å². The van der Waals surface area contributed by atoms with Crippen molar-refractivity contribution in [2.75, 3.05) is 36.0 Å². The number of azo groups is 2. The van der Waals surface area contributed by atoms with Gasteiger partial charge in [0.15, 0.2) is 0 Å². The van der Waals surface area contributed by atoms with Crippen LogP contribution in [0.2, 0.25) is 0 Å². The Morgan fingerprint density at radius 3 is 1.20 bits per heavy atom. The number of benzene rings is 2. The van der Waals surface area contributed by atoms with Gasteiger partial charge in [-0.05, 0) is 86.4 Å². The molecule has 0 radical (unpaired) electrons. The van der Waals surface area contributed by atoms with Gasteiger partial charge >= 0.3 is 11.9 Å². The first-order chi connectivity index (χ1) is 21.3. The van der Waals surface area contributed by atoms with E-state index in [1.807, 2.05) is 61.6 Å². The molecule has 2 aromatic heterocycles. The van der Waals surface area contributed by atoms with Gasteiger partial charge in [-0.3, -0.25) is 0 Å². The molecule has 0 saturated carbocycles. The number of hydrogen-bond acceptors (Lipinski definition) is 11. The van der Waals surface area contributed by atoms with Crippen molar-refractivity contribution in [1.82, 2.24) is 19.6 Å². The minimum Gasteiger partial charge on any atom is -0.790 e. The summed E-state index contributed by atoms with van der Waals surface area (Å²) >= 11 is 0. The second-order valence-corrected chi connectivity index (χ2v) is 10.5. The van der Waals surface area contributed by atoms with Crippen molar-refractivity contribution in [2.24, 2.45) is 48.6 Å². The molecule has 244 valence electrons. The van der Waals surface area contributed by atoms with Gasteiger partial charge in [0, 0.05) is 47.8 Å². The minimum absolute atomic E-state index is 0.706. The first-order valence-electron chi connectivity index (χ1n) is 14.3. The highest BCUT2D eigenvalue weighted by Crippen LogP contribution is 2.22. The van der Waals surface area contributed by atoms with Crippen LogP contribution in [0.15, 0.2) is 81.6 Å². The van der Waals surface area contributed by atoms with Gasteiger partial charge in [-0.2, -0.15) is 0 Å². The minimum atomic E-state index is -5.14. The number of nitrogens with zero attached hydrogens (tertiary/aromatic N) is 12. The topological polar surface area (TPSA) is 183 Å². The van der Waals surface area contributed by atoms with E-state index in [1.54, 1.807) is 22.0 Å². The fourth-order valence-corrected chi connectivity index (χ4v) is 4.09. The fourth-order valence-electron chi connectivity index (χ4n) is 4.09.